The Morgan fingerprint density at radius 3 is 2.24 bits per heavy atom. The number of hydrogen-bond donors (Lipinski definition) is 0. The molecule has 0 amide bonds. The quantitative estimate of drug-likeness (QED) is 0.738. The van der Waals surface area contributed by atoms with Crippen molar-refractivity contribution >= 4 is 11.3 Å². The molecule has 0 spiro atoms. The van der Waals surface area contributed by atoms with Crippen molar-refractivity contribution in [1.29, 1.82) is 0 Å². The van der Waals surface area contributed by atoms with Crippen LogP contribution in [0.15, 0.2) is 29.8 Å². The van der Waals surface area contributed by atoms with Crippen molar-refractivity contribution in [2.24, 2.45) is 0 Å². The fourth-order valence-corrected chi connectivity index (χ4v) is 2.67. The third kappa shape index (κ3) is 2.71. The van der Waals surface area contributed by atoms with Crippen LogP contribution in [0.2, 0.25) is 0 Å². The molecule has 0 heterocycles. The van der Waals surface area contributed by atoms with Crippen LogP contribution in [-0.2, 0) is 0 Å². The molecule has 0 aromatic heterocycles. The molecule has 1 aliphatic carbocycles. The van der Waals surface area contributed by atoms with Crippen LogP contribution in [0.25, 0.3) is 5.57 Å². The van der Waals surface area contributed by atoms with Crippen molar-refractivity contribution in [2.75, 3.05) is 19.0 Å². The molecule has 1 aromatic carbocycles. The SMILES string of the molecule is CCC1=C(c2ccc(N(C)C)cc2)CCCC1. The van der Waals surface area contributed by atoms with Crippen molar-refractivity contribution in [2.45, 2.75) is 39.0 Å². The predicted octanol–water partition coefficient (Wildman–Crippen LogP) is 4.49. The minimum atomic E-state index is 1.21. The van der Waals surface area contributed by atoms with Crippen molar-refractivity contribution in [1.82, 2.24) is 0 Å². The monoisotopic (exact) mass is 229 g/mol. The third-order valence-electron chi connectivity index (χ3n) is 3.74. The Labute approximate surface area is 105 Å². The first kappa shape index (κ1) is 12.2. The van der Waals surface area contributed by atoms with Gasteiger partial charge in [0.1, 0.15) is 0 Å². The molecule has 92 valence electrons. The zero-order valence-electron chi connectivity index (χ0n) is 11.3. The van der Waals surface area contributed by atoms with Crippen molar-refractivity contribution < 1.29 is 0 Å². The Hall–Kier alpha value is -1.24. The molecule has 0 bridgehead atoms. The lowest BCUT2D eigenvalue weighted by Gasteiger charge is -2.20. The maximum atomic E-state index is 2.29. The van der Waals surface area contributed by atoms with Gasteiger partial charge in [0.05, 0.1) is 0 Å². The summed E-state index contributed by atoms with van der Waals surface area (Å²) < 4.78 is 0. The molecule has 0 atom stereocenters. The van der Waals surface area contributed by atoms with Gasteiger partial charge >= 0.3 is 0 Å². The Balaban J connectivity index is 2.29. The van der Waals surface area contributed by atoms with Crippen LogP contribution >= 0.6 is 0 Å². The molecule has 0 radical (unpaired) electrons. The number of hydrogen-bond acceptors (Lipinski definition) is 1. The number of rotatable bonds is 3. The Morgan fingerprint density at radius 2 is 1.65 bits per heavy atom. The molecule has 2 rings (SSSR count). The van der Waals surface area contributed by atoms with E-state index in [0.717, 1.165) is 0 Å². The fraction of sp³-hybridized carbons (Fsp3) is 0.500. The topological polar surface area (TPSA) is 3.24 Å². The van der Waals surface area contributed by atoms with Gasteiger partial charge in [0, 0.05) is 19.8 Å². The van der Waals surface area contributed by atoms with E-state index in [9.17, 15) is 0 Å². The van der Waals surface area contributed by atoms with E-state index >= 15 is 0 Å². The highest BCUT2D eigenvalue weighted by Crippen LogP contribution is 2.34. The maximum absolute atomic E-state index is 2.29. The molecule has 1 heteroatoms. The largest absolute Gasteiger partial charge is 0.378 e. The summed E-state index contributed by atoms with van der Waals surface area (Å²) >= 11 is 0. The van der Waals surface area contributed by atoms with Crippen LogP contribution in [0.4, 0.5) is 5.69 Å². The zero-order chi connectivity index (χ0) is 12.3. The van der Waals surface area contributed by atoms with Gasteiger partial charge in [-0.3, -0.25) is 0 Å². The summed E-state index contributed by atoms with van der Waals surface area (Å²) in [7, 11) is 4.18. The highest BCUT2D eigenvalue weighted by Gasteiger charge is 2.12. The fourth-order valence-electron chi connectivity index (χ4n) is 2.67. The van der Waals surface area contributed by atoms with E-state index in [0.29, 0.717) is 0 Å². The first-order chi connectivity index (χ1) is 8.22. The van der Waals surface area contributed by atoms with Gasteiger partial charge in [0.15, 0.2) is 0 Å². The molecule has 0 N–H and O–H groups in total. The summed E-state index contributed by atoms with van der Waals surface area (Å²) in [6, 6.07) is 9.02. The normalized spacial score (nSPS) is 16.2. The molecule has 0 saturated carbocycles. The van der Waals surface area contributed by atoms with E-state index in [4.69, 9.17) is 0 Å². The highest BCUT2D eigenvalue weighted by molar-refractivity contribution is 5.70. The average Bonchev–Trinajstić information content (AvgIpc) is 2.39. The van der Waals surface area contributed by atoms with Gasteiger partial charge in [-0.2, -0.15) is 0 Å². The third-order valence-corrected chi connectivity index (χ3v) is 3.74. The van der Waals surface area contributed by atoms with Crippen LogP contribution < -0.4 is 4.90 Å². The van der Waals surface area contributed by atoms with E-state index in [1.165, 1.54) is 43.4 Å². The summed E-state index contributed by atoms with van der Waals surface area (Å²) in [6.45, 7) is 2.29. The lowest BCUT2D eigenvalue weighted by Crippen LogP contribution is -2.08. The molecular weight excluding hydrogens is 206 g/mol. The first-order valence-electron chi connectivity index (χ1n) is 6.71. The Morgan fingerprint density at radius 1 is 1.00 bits per heavy atom. The minimum absolute atomic E-state index is 1.21. The van der Waals surface area contributed by atoms with Crippen molar-refractivity contribution in [3.05, 3.63) is 35.4 Å². The van der Waals surface area contributed by atoms with E-state index in [1.807, 2.05) is 0 Å². The molecule has 1 aliphatic rings. The highest BCUT2D eigenvalue weighted by atomic mass is 15.1. The van der Waals surface area contributed by atoms with Gasteiger partial charge in [0.2, 0.25) is 0 Å². The van der Waals surface area contributed by atoms with Crippen molar-refractivity contribution in [3.8, 4) is 0 Å². The minimum Gasteiger partial charge on any atom is -0.378 e. The predicted molar refractivity (Wildman–Crippen MR) is 76.4 cm³/mol. The van der Waals surface area contributed by atoms with Gasteiger partial charge in [-0.05, 0) is 55.4 Å². The van der Waals surface area contributed by atoms with Crippen LogP contribution in [0.3, 0.4) is 0 Å². The second-order valence-electron chi connectivity index (χ2n) is 5.08. The molecule has 0 aliphatic heterocycles. The van der Waals surface area contributed by atoms with E-state index in [-0.39, 0.29) is 0 Å². The van der Waals surface area contributed by atoms with Crippen LogP contribution in [0.5, 0.6) is 0 Å². The molecular formula is C16H23N. The summed E-state index contributed by atoms with van der Waals surface area (Å²) in [5, 5.41) is 0. The average molecular weight is 229 g/mol. The van der Waals surface area contributed by atoms with Crippen LogP contribution in [0, 0.1) is 0 Å². The summed E-state index contributed by atoms with van der Waals surface area (Å²) in [5.41, 5.74) is 6.01. The second-order valence-corrected chi connectivity index (χ2v) is 5.08. The number of allylic oxidation sites excluding steroid dienone is 2. The van der Waals surface area contributed by atoms with Crippen LogP contribution in [-0.4, -0.2) is 14.1 Å². The maximum Gasteiger partial charge on any atom is 0.0361 e. The van der Waals surface area contributed by atoms with Crippen LogP contribution in [0.1, 0.15) is 44.6 Å². The summed E-state index contributed by atoms with van der Waals surface area (Å²) in [5.74, 6) is 0. The van der Waals surface area contributed by atoms with E-state index in [2.05, 4.69) is 50.2 Å². The number of anilines is 1. The molecule has 0 saturated heterocycles. The molecule has 1 aromatic rings. The smallest absolute Gasteiger partial charge is 0.0361 e. The van der Waals surface area contributed by atoms with Gasteiger partial charge in [0.25, 0.3) is 0 Å². The second kappa shape index (κ2) is 5.39. The van der Waals surface area contributed by atoms with Gasteiger partial charge in [-0.15, -0.1) is 0 Å². The molecule has 1 nitrogen and oxygen atoms in total. The van der Waals surface area contributed by atoms with Gasteiger partial charge in [-0.25, -0.2) is 0 Å². The number of nitrogens with zero attached hydrogens (tertiary/aromatic N) is 1. The lowest BCUT2D eigenvalue weighted by atomic mass is 9.86. The number of benzene rings is 1. The molecule has 0 unspecified atom stereocenters. The van der Waals surface area contributed by atoms with E-state index in [1.54, 1.807) is 11.1 Å². The standard InChI is InChI=1S/C16H23N/c1-4-13-7-5-6-8-16(13)14-9-11-15(12-10-14)17(2)3/h9-12H,4-8H2,1-3H3. The van der Waals surface area contributed by atoms with Crippen molar-refractivity contribution in [3.63, 3.8) is 0 Å². The van der Waals surface area contributed by atoms with Gasteiger partial charge in [-0.1, -0.05) is 24.6 Å². The van der Waals surface area contributed by atoms with Gasteiger partial charge < -0.3 is 4.90 Å². The molecule has 0 fully saturated rings. The molecule has 17 heavy (non-hydrogen) atoms. The Bertz CT molecular complexity index is 398. The van der Waals surface area contributed by atoms with E-state index < -0.39 is 0 Å². The summed E-state index contributed by atoms with van der Waals surface area (Å²) in [6.07, 6.45) is 6.52. The lowest BCUT2D eigenvalue weighted by molar-refractivity contribution is 0.697. The summed E-state index contributed by atoms with van der Waals surface area (Å²) in [4.78, 5) is 2.15. The first-order valence-corrected chi connectivity index (χ1v) is 6.71. The Kier molecular flexibility index (Phi) is 3.88. The zero-order valence-corrected chi connectivity index (χ0v) is 11.3.